The molecule has 1 aromatic rings. The Balaban J connectivity index is 2.48. The lowest BCUT2D eigenvalue weighted by Crippen LogP contribution is -1.93. The van der Waals surface area contributed by atoms with E-state index in [1.165, 1.54) is 12.3 Å². The van der Waals surface area contributed by atoms with Crippen molar-refractivity contribution in [1.29, 1.82) is 0 Å². The van der Waals surface area contributed by atoms with Crippen molar-refractivity contribution in [3.63, 3.8) is 0 Å². The Bertz CT molecular complexity index is 259. The molecule has 0 unspecified atom stereocenters. The minimum atomic E-state index is -0.0833. The third-order valence-corrected chi connectivity index (χ3v) is 2.12. The molecule has 0 spiro atoms. The molecule has 1 aliphatic carbocycles. The highest BCUT2D eigenvalue weighted by atomic mass is 19.1. The third-order valence-electron chi connectivity index (χ3n) is 2.12. The summed E-state index contributed by atoms with van der Waals surface area (Å²) in [7, 11) is 0. The number of nitrogens with zero attached hydrogens (tertiary/aromatic N) is 1. The number of rotatable bonds is 1. The van der Waals surface area contributed by atoms with Gasteiger partial charge in [-0.2, -0.15) is 0 Å². The van der Waals surface area contributed by atoms with Crippen LogP contribution < -0.4 is 0 Å². The molecule has 1 aliphatic rings. The van der Waals surface area contributed by atoms with E-state index in [0.29, 0.717) is 5.92 Å². The molecule has 1 heterocycles. The molecule has 0 atom stereocenters. The molecule has 2 rings (SSSR count). The fourth-order valence-electron chi connectivity index (χ4n) is 1.41. The highest BCUT2D eigenvalue weighted by Crippen LogP contribution is 2.42. The van der Waals surface area contributed by atoms with Crippen LogP contribution in [-0.2, 0) is 0 Å². The van der Waals surface area contributed by atoms with E-state index < -0.39 is 0 Å². The quantitative estimate of drug-likeness (QED) is 0.600. The van der Waals surface area contributed by atoms with Crippen molar-refractivity contribution < 1.29 is 4.39 Å². The second-order valence-electron chi connectivity index (χ2n) is 3.07. The molecule has 0 amide bonds. The summed E-state index contributed by atoms with van der Waals surface area (Å²) in [5.74, 6) is 0.378. The molecule has 1 fully saturated rings. The molecular formula is C9H10FN. The summed E-state index contributed by atoms with van der Waals surface area (Å²) in [6.45, 7) is 1.87. The maximum Gasteiger partial charge on any atom is 0.130 e. The minimum Gasteiger partial charge on any atom is -0.261 e. The van der Waals surface area contributed by atoms with Gasteiger partial charge in [-0.1, -0.05) is 0 Å². The van der Waals surface area contributed by atoms with Crippen molar-refractivity contribution in [2.45, 2.75) is 25.7 Å². The van der Waals surface area contributed by atoms with Gasteiger partial charge in [0.2, 0.25) is 0 Å². The Morgan fingerprint density at radius 3 is 2.82 bits per heavy atom. The van der Waals surface area contributed by atoms with Gasteiger partial charge in [0.25, 0.3) is 0 Å². The molecule has 58 valence electrons. The second-order valence-corrected chi connectivity index (χ2v) is 3.07. The SMILES string of the molecule is Cc1nccc(F)c1C1CC1. The summed E-state index contributed by atoms with van der Waals surface area (Å²) in [5.41, 5.74) is 1.69. The van der Waals surface area contributed by atoms with Crippen LogP contribution in [0.15, 0.2) is 12.3 Å². The zero-order valence-corrected chi connectivity index (χ0v) is 6.47. The fraction of sp³-hybridized carbons (Fsp3) is 0.444. The summed E-state index contributed by atoms with van der Waals surface area (Å²) in [6.07, 6.45) is 3.78. The average molecular weight is 151 g/mol. The first kappa shape index (κ1) is 6.77. The lowest BCUT2D eigenvalue weighted by Gasteiger charge is -2.02. The first-order valence-corrected chi connectivity index (χ1v) is 3.90. The van der Waals surface area contributed by atoms with Gasteiger partial charge in [0.05, 0.1) is 0 Å². The van der Waals surface area contributed by atoms with Crippen LogP contribution in [0.3, 0.4) is 0 Å². The molecule has 0 saturated heterocycles. The average Bonchev–Trinajstić information content (AvgIpc) is 2.70. The van der Waals surface area contributed by atoms with Crippen LogP contribution >= 0.6 is 0 Å². The Kier molecular flexibility index (Phi) is 1.41. The van der Waals surface area contributed by atoms with Gasteiger partial charge in [-0.25, -0.2) is 4.39 Å². The first-order valence-electron chi connectivity index (χ1n) is 3.90. The predicted octanol–water partition coefficient (Wildman–Crippen LogP) is 2.41. The van der Waals surface area contributed by atoms with Gasteiger partial charge in [-0.05, 0) is 31.7 Å². The topological polar surface area (TPSA) is 12.9 Å². The van der Waals surface area contributed by atoms with Crippen LogP contribution in [0, 0.1) is 12.7 Å². The van der Waals surface area contributed by atoms with Crippen LogP contribution in [0.4, 0.5) is 4.39 Å². The number of hydrogen-bond acceptors (Lipinski definition) is 1. The van der Waals surface area contributed by atoms with Gasteiger partial charge in [-0.3, -0.25) is 4.98 Å². The Morgan fingerprint density at radius 2 is 2.27 bits per heavy atom. The molecule has 11 heavy (non-hydrogen) atoms. The molecular weight excluding hydrogens is 141 g/mol. The van der Waals surface area contributed by atoms with Crippen molar-refractivity contribution in [2.75, 3.05) is 0 Å². The van der Waals surface area contributed by atoms with E-state index in [2.05, 4.69) is 4.98 Å². The molecule has 1 nitrogen and oxygen atoms in total. The van der Waals surface area contributed by atoms with Gasteiger partial charge >= 0.3 is 0 Å². The Hall–Kier alpha value is -0.920. The zero-order valence-electron chi connectivity index (χ0n) is 6.47. The minimum absolute atomic E-state index is 0.0833. The summed E-state index contributed by atoms with van der Waals surface area (Å²) in [5, 5.41) is 0. The largest absolute Gasteiger partial charge is 0.261 e. The molecule has 0 aliphatic heterocycles. The third kappa shape index (κ3) is 1.13. The smallest absolute Gasteiger partial charge is 0.130 e. The van der Waals surface area contributed by atoms with E-state index in [1.54, 1.807) is 0 Å². The van der Waals surface area contributed by atoms with Gasteiger partial charge in [0.1, 0.15) is 5.82 Å². The molecule has 0 aromatic carbocycles. The normalized spacial score (nSPS) is 16.9. The Morgan fingerprint density at radius 1 is 1.55 bits per heavy atom. The van der Waals surface area contributed by atoms with E-state index >= 15 is 0 Å². The van der Waals surface area contributed by atoms with Crippen LogP contribution in [-0.4, -0.2) is 4.98 Å². The van der Waals surface area contributed by atoms with Gasteiger partial charge in [0, 0.05) is 17.5 Å². The zero-order chi connectivity index (χ0) is 7.84. The van der Waals surface area contributed by atoms with E-state index in [-0.39, 0.29) is 5.82 Å². The lowest BCUT2D eigenvalue weighted by atomic mass is 10.1. The molecule has 1 saturated carbocycles. The van der Waals surface area contributed by atoms with Crippen LogP contribution in [0.5, 0.6) is 0 Å². The van der Waals surface area contributed by atoms with Gasteiger partial charge in [0.15, 0.2) is 0 Å². The maximum atomic E-state index is 13.1. The van der Waals surface area contributed by atoms with Gasteiger partial charge in [-0.15, -0.1) is 0 Å². The van der Waals surface area contributed by atoms with Gasteiger partial charge < -0.3 is 0 Å². The second kappa shape index (κ2) is 2.29. The molecule has 1 aromatic heterocycles. The monoisotopic (exact) mass is 151 g/mol. The summed E-state index contributed by atoms with van der Waals surface area (Å²) >= 11 is 0. The lowest BCUT2D eigenvalue weighted by molar-refractivity contribution is 0.605. The van der Waals surface area contributed by atoms with Crippen molar-refractivity contribution >= 4 is 0 Å². The highest BCUT2D eigenvalue weighted by Gasteiger charge is 2.28. The maximum absolute atomic E-state index is 13.1. The highest BCUT2D eigenvalue weighted by molar-refractivity contribution is 5.28. The van der Waals surface area contributed by atoms with E-state index in [1.807, 2.05) is 6.92 Å². The summed E-state index contributed by atoms with van der Waals surface area (Å²) < 4.78 is 13.1. The number of halogens is 1. The first-order chi connectivity index (χ1) is 5.29. The van der Waals surface area contributed by atoms with Crippen LogP contribution in [0.1, 0.15) is 30.0 Å². The van der Waals surface area contributed by atoms with Crippen molar-refractivity contribution in [1.82, 2.24) is 4.98 Å². The number of aromatic nitrogens is 1. The summed E-state index contributed by atoms with van der Waals surface area (Å²) in [4.78, 5) is 4.06. The standard InChI is InChI=1S/C9H10FN/c1-6-9(7-2-3-7)8(10)4-5-11-6/h4-5,7H,2-3H2,1H3. The van der Waals surface area contributed by atoms with Crippen molar-refractivity contribution in [3.05, 3.63) is 29.3 Å². The van der Waals surface area contributed by atoms with Crippen molar-refractivity contribution in [2.24, 2.45) is 0 Å². The molecule has 0 radical (unpaired) electrons. The number of aryl methyl sites for hydroxylation is 1. The molecule has 0 N–H and O–H groups in total. The van der Waals surface area contributed by atoms with E-state index in [9.17, 15) is 4.39 Å². The molecule has 0 bridgehead atoms. The van der Waals surface area contributed by atoms with E-state index in [0.717, 1.165) is 24.1 Å². The van der Waals surface area contributed by atoms with Crippen molar-refractivity contribution in [3.8, 4) is 0 Å². The summed E-state index contributed by atoms with van der Waals surface area (Å²) in [6, 6.07) is 1.45. The number of pyridine rings is 1. The fourth-order valence-corrected chi connectivity index (χ4v) is 1.41. The van der Waals surface area contributed by atoms with E-state index in [4.69, 9.17) is 0 Å². The molecule has 2 heteroatoms. The Labute approximate surface area is 65.3 Å². The van der Waals surface area contributed by atoms with Crippen LogP contribution in [0.2, 0.25) is 0 Å². The predicted molar refractivity (Wildman–Crippen MR) is 40.9 cm³/mol. The number of hydrogen-bond donors (Lipinski definition) is 0. The van der Waals surface area contributed by atoms with Crippen LogP contribution in [0.25, 0.3) is 0 Å².